The summed E-state index contributed by atoms with van der Waals surface area (Å²) in [5.74, 6) is 0.590. The van der Waals surface area contributed by atoms with Gasteiger partial charge in [0.15, 0.2) is 0 Å². The first-order valence-electron chi connectivity index (χ1n) is 6.92. The third kappa shape index (κ3) is 3.33. The summed E-state index contributed by atoms with van der Waals surface area (Å²) in [7, 11) is 0. The summed E-state index contributed by atoms with van der Waals surface area (Å²) in [6, 6.07) is 9.76. The highest BCUT2D eigenvalue weighted by molar-refractivity contribution is 9.10. The predicted octanol–water partition coefficient (Wildman–Crippen LogP) is 2.81. The Morgan fingerprint density at radius 1 is 1.43 bits per heavy atom. The van der Waals surface area contributed by atoms with Crippen LogP contribution in [0.3, 0.4) is 0 Å². The molecule has 0 radical (unpaired) electrons. The first-order chi connectivity index (χ1) is 10.2. The van der Waals surface area contributed by atoms with Gasteiger partial charge in [-0.3, -0.25) is 4.79 Å². The number of halogens is 1. The number of benzene rings is 1. The Balaban J connectivity index is 1.72. The van der Waals surface area contributed by atoms with E-state index in [9.17, 15) is 4.79 Å². The molecule has 1 aliphatic heterocycles. The molecule has 1 unspecified atom stereocenters. The van der Waals surface area contributed by atoms with Crippen LogP contribution in [0.5, 0.6) is 0 Å². The van der Waals surface area contributed by atoms with Crippen LogP contribution in [0, 0.1) is 0 Å². The van der Waals surface area contributed by atoms with Crippen molar-refractivity contribution in [1.82, 2.24) is 9.78 Å². The van der Waals surface area contributed by atoms with E-state index in [-0.39, 0.29) is 12.0 Å². The highest BCUT2D eigenvalue weighted by Crippen LogP contribution is 2.19. The smallest absolute Gasteiger partial charge is 0.254 e. The fourth-order valence-corrected chi connectivity index (χ4v) is 2.75. The van der Waals surface area contributed by atoms with E-state index in [1.807, 2.05) is 24.3 Å². The molecule has 5 nitrogen and oxygen atoms in total. The van der Waals surface area contributed by atoms with Crippen molar-refractivity contribution >= 4 is 27.7 Å². The van der Waals surface area contributed by atoms with Crippen molar-refractivity contribution < 1.29 is 9.53 Å². The Morgan fingerprint density at radius 2 is 2.29 bits per heavy atom. The van der Waals surface area contributed by atoms with Gasteiger partial charge in [-0.05, 0) is 24.5 Å². The number of hydrogen-bond acceptors (Lipinski definition) is 3. The van der Waals surface area contributed by atoms with Crippen molar-refractivity contribution in [1.29, 1.82) is 0 Å². The molecule has 110 valence electrons. The zero-order valence-corrected chi connectivity index (χ0v) is 13.0. The fraction of sp³-hybridized carbons (Fsp3) is 0.333. The number of hydrogen-bond donors (Lipinski definition) is 1. The van der Waals surface area contributed by atoms with Crippen LogP contribution in [-0.2, 0) is 16.1 Å². The number of nitrogens with one attached hydrogen (secondary N) is 1. The van der Waals surface area contributed by atoms with E-state index in [2.05, 4.69) is 26.3 Å². The van der Waals surface area contributed by atoms with Gasteiger partial charge in [-0.1, -0.05) is 34.1 Å². The Kier molecular flexibility index (Phi) is 4.36. The van der Waals surface area contributed by atoms with Crippen molar-refractivity contribution in [3.05, 3.63) is 46.6 Å². The number of ether oxygens (including phenoxy) is 1. The van der Waals surface area contributed by atoms with Crippen LogP contribution in [0.4, 0.5) is 5.82 Å². The van der Waals surface area contributed by atoms with Crippen LogP contribution in [0.25, 0.3) is 0 Å². The zero-order valence-electron chi connectivity index (χ0n) is 11.5. The number of carbonyl (C=O) groups is 1. The van der Waals surface area contributed by atoms with Crippen LogP contribution in [0.15, 0.2) is 41.0 Å². The standard InChI is InChI=1S/C15H16BrN3O2/c16-12-5-2-1-4-11(12)10-19-14(7-8-17-19)18-15(20)13-6-3-9-21-13/h1-2,4-5,7-8,13H,3,6,9-10H2,(H,18,20). The number of rotatable bonds is 4. The van der Waals surface area contributed by atoms with Crippen molar-refractivity contribution in [2.24, 2.45) is 0 Å². The van der Waals surface area contributed by atoms with E-state index >= 15 is 0 Å². The third-order valence-electron chi connectivity index (χ3n) is 3.47. The van der Waals surface area contributed by atoms with Crippen LogP contribution < -0.4 is 5.32 Å². The molecule has 2 heterocycles. The van der Waals surface area contributed by atoms with Gasteiger partial charge < -0.3 is 10.1 Å². The lowest BCUT2D eigenvalue weighted by molar-refractivity contribution is -0.124. The number of nitrogens with zero attached hydrogens (tertiary/aromatic N) is 2. The van der Waals surface area contributed by atoms with Crippen LogP contribution in [-0.4, -0.2) is 28.4 Å². The van der Waals surface area contributed by atoms with E-state index < -0.39 is 0 Å². The first kappa shape index (κ1) is 14.3. The number of aromatic nitrogens is 2. The number of carbonyl (C=O) groups excluding carboxylic acids is 1. The second-order valence-corrected chi connectivity index (χ2v) is 5.81. The number of amides is 1. The molecule has 1 amide bonds. The maximum atomic E-state index is 12.1. The minimum absolute atomic E-state index is 0.0959. The fourth-order valence-electron chi connectivity index (χ4n) is 2.34. The Labute approximate surface area is 131 Å². The molecule has 3 rings (SSSR count). The molecule has 6 heteroatoms. The van der Waals surface area contributed by atoms with Crippen LogP contribution in [0.2, 0.25) is 0 Å². The highest BCUT2D eigenvalue weighted by Gasteiger charge is 2.24. The summed E-state index contributed by atoms with van der Waals surface area (Å²) in [6.07, 6.45) is 3.07. The zero-order chi connectivity index (χ0) is 14.7. The van der Waals surface area contributed by atoms with E-state index in [1.54, 1.807) is 16.9 Å². The van der Waals surface area contributed by atoms with Gasteiger partial charge in [0.1, 0.15) is 11.9 Å². The summed E-state index contributed by atoms with van der Waals surface area (Å²) in [5.41, 5.74) is 1.11. The minimum Gasteiger partial charge on any atom is -0.368 e. The second kappa shape index (κ2) is 6.41. The molecule has 2 aromatic rings. The number of anilines is 1. The molecule has 1 atom stereocenters. The normalized spacial score (nSPS) is 17.9. The lowest BCUT2D eigenvalue weighted by Crippen LogP contribution is -2.28. The summed E-state index contributed by atoms with van der Waals surface area (Å²) >= 11 is 3.52. The van der Waals surface area contributed by atoms with Crippen molar-refractivity contribution in [3.8, 4) is 0 Å². The quantitative estimate of drug-likeness (QED) is 0.923. The third-order valence-corrected chi connectivity index (χ3v) is 4.24. The van der Waals surface area contributed by atoms with Gasteiger partial charge in [0.2, 0.25) is 0 Å². The Hall–Kier alpha value is -1.66. The molecule has 0 aliphatic carbocycles. The lowest BCUT2D eigenvalue weighted by Gasteiger charge is -2.12. The summed E-state index contributed by atoms with van der Waals surface area (Å²) in [4.78, 5) is 12.1. The van der Waals surface area contributed by atoms with E-state index in [0.717, 1.165) is 22.9 Å². The van der Waals surface area contributed by atoms with Gasteiger partial charge in [0.05, 0.1) is 12.7 Å². The van der Waals surface area contributed by atoms with E-state index in [1.165, 1.54) is 0 Å². The van der Waals surface area contributed by atoms with Crippen molar-refractivity contribution in [2.75, 3.05) is 11.9 Å². The molecule has 1 aromatic carbocycles. The summed E-state index contributed by atoms with van der Waals surface area (Å²) in [5, 5.41) is 7.17. The average molecular weight is 350 g/mol. The molecule has 0 bridgehead atoms. The topological polar surface area (TPSA) is 56.2 Å². The SMILES string of the molecule is O=C(Nc1ccnn1Cc1ccccc1Br)C1CCCO1. The maximum Gasteiger partial charge on any atom is 0.254 e. The molecule has 1 saturated heterocycles. The van der Waals surface area contributed by atoms with Gasteiger partial charge in [-0.15, -0.1) is 0 Å². The molecule has 0 saturated carbocycles. The molecule has 21 heavy (non-hydrogen) atoms. The molecular weight excluding hydrogens is 334 g/mol. The molecule has 1 aliphatic rings. The molecule has 0 spiro atoms. The van der Waals surface area contributed by atoms with Crippen LogP contribution in [0.1, 0.15) is 18.4 Å². The lowest BCUT2D eigenvalue weighted by atomic mass is 10.2. The molecule has 1 N–H and O–H groups in total. The van der Waals surface area contributed by atoms with Gasteiger partial charge in [0.25, 0.3) is 5.91 Å². The molecular formula is C15H16BrN3O2. The molecule has 1 fully saturated rings. The van der Waals surface area contributed by atoms with Gasteiger partial charge in [-0.2, -0.15) is 5.10 Å². The summed E-state index contributed by atoms with van der Waals surface area (Å²) in [6.45, 7) is 1.25. The average Bonchev–Trinajstić information content (AvgIpc) is 3.13. The van der Waals surface area contributed by atoms with E-state index in [4.69, 9.17) is 4.74 Å². The molecule has 1 aromatic heterocycles. The van der Waals surface area contributed by atoms with Gasteiger partial charge in [0, 0.05) is 17.1 Å². The monoisotopic (exact) mass is 349 g/mol. The van der Waals surface area contributed by atoms with E-state index in [0.29, 0.717) is 19.0 Å². The summed E-state index contributed by atoms with van der Waals surface area (Å²) < 4.78 is 8.19. The highest BCUT2D eigenvalue weighted by atomic mass is 79.9. The Morgan fingerprint density at radius 3 is 3.05 bits per heavy atom. The minimum atomic E-state index is -0.336. The van der Waals surface area contributed by atoms with Crippen molar-refractivity contribution in [2.45, 2.75) is 25.5 Å². The maximum absolute atomic E-state index is 12.1. The predicted molar refractivity (Wildman–Crippen MR) is 83.1 cm³/mol. The second-order valence-electron chi connectivity index (χ2n) is 4.96. The first-order valence-corrected chi connectivity index (χ1v) is 7.71. The van der Waals surface area contributed by atoms with Crippen LogP contribution >= 0.6 is 15.9 Å². The van der Waals surface area contributed by atoms with Gasteiger partial charge in [-0.25, -0.2) is 4.68 Å². The largest absolute Gasteiger partial charge is 0.368 e. The Bertz CT molecular complexity index is 635. The van der Waals surface area contributed by atoms with Gasteiger partial charge >= 0.3 is 0 Å². The van der Waals surface area contributed by atoms with Crippen molar-refractivity contribution in [3.63, 3.8) is 0 Å².